The molecule has 160 valence electrons. The zero-order valence-corrected chi connectivity index (χ0v) is 18.5. The van der Waals surface area contributed by atoms with E-state index in [-0.39, 0.29) is 11.5 Å². The van der Waals surface area contributed by atoms with Gasteiger partial charge in [0.15, 0.2) is 0 Å². The van der Waals surface area contributed by atoms with Gasteiger partial charge in [-0.05, 0) is 97.2 Å². The Kier molecular flexibility index (Phi) is 5.39. The summed E-state index contributed by atoms with van der Waals surface area (Å²) in [5.41, 5.74) is 0.716. The predicted molar refractivity (Wildman–Crippen MR) is 112 cm³/mol. The van der Waals surface area contributed by atoms with Crippen molar-refractivity contribution in [3.05, 3.63) is 0 Å². The first kappa shape index (κ1) is 20.7. The van der Waals surface area contributed by atoms with E-state index in [4.69, 9.17) is 5.11 Å². The van der Waals surface area contributed by atoms with Crippen molar-refractivity contribution in [2.24, 2.45) is 52.3 Å². The highest BCUT2D eigenvalue weighted by Crippen LogP contribution is 2.69. The van der Waals surface area contributed by atoms with Gasteiger partial charge in [0, 0.05) is 6.42 Å². The lowest BCUT2D eigenvalue weighted by Crippen LogP contribution is -2.60. The molecule has 0 heterocycles. The fraction of sp³-hybridized carbons (Fsp3) is 0.960. The molecule has 0 aliphatic heterocycles. The van der Waals surface area contributed by atoms with E-state index in [0.717, 1.165) is 6.42 Å². The van der Waals surface area contributed by atoms with Crippen LogP contribution in [0, 0.1) is 52.3 Å². The minimum atomic E-state index is -0.664. The Morgan fingerprint density at radius 2 is 1.71 bits per heavy atom. The maximum absolute atomic E-state index is 11.5. The fourth-order valence-electron chi connectivity index (χ4n) is 9.27. The lowest BCUT2D eigenvalue weighted by atomic mass is 9.42. The molecule has 0 spiro atoms. The SMILES string of the molecule is C[C@H]1[C@H](O)[C@H]2C3CCC([C@H](C)CCC(=O)O)C3(C)CC[C@@H]2[C@@]2(C)CCCC[C@@H]12. The summed E-state index contributed by atoms with van der Waals surface area (Å²) in [6, 6.07) is 0. The summed E-state index contributed by atoms with van der Waals surface area (Å²) in [5, 5.41) is 20.6. The number of fused-ring (bicyclic) bond motifs is 5. The van der Waals surface area contributed by atoms with Crippen LogP contribution in [0.1, 0.15) is 91.9 Å². The molecule has 3 unspecified atom stereocenters. The monoisotopic (exact) mass is 390 g/mol. The van der Waals surface area contributed by atoms with Crippen LogP contribution < -0.4 is 0 Å². The smallest absolute Gasteiger partial charge is 0.303 e. The third kappa shape index (κ3) is 2.97. The molecule has 28 heavy (non-hydrogen) atoms. The summed E-state index contributed by atoms with van der Waals surface area (Å²) in [5.74, 6) is 3.34. The minimum absolute atomic E-state index is 0.140. The largest absolute Gasteiger partial charge is 0.481 e. The molecule has 0 aromatic heterocycles. The van der Waals surface area contributed by atoms with Crippen LogP contribution in [0.4, 0.5) is 0 Å². The molecule has 0 radical (unpaired) electrons. The summed E-state index contributed by atoms with van der Waals surface area (Å²) in [6.07, 6.45) is 11.4. The molecule has 3 heteroatoms. The van der Waals surface area contributed by atoms with Crippen molar-refractivity contribution in [3.8, 4) is 0 Å². The highest BCUT2D eigenvalue weighted by molar-refractivity contribution is 5.66. The van der Waals surface area contributed by atoms with Gasteiger partial charge in [-0.1, -0.05) is 40.5 Å². The number of carboxylic acid groups (broad SMARTS) is 1. The molecule has 4 fully saturated rings. The molecule has 0 aromatic carbocycles. The molecule has 0 saturated heterocycles. The van der Waals surface area contributed by atoms with Crippen molar-refractivity contribution >= 4 is 5.97 Å². The van der Waals surface area contributed by atoms with Gasteiger partial charge < -0.3 is 10.2 Å². The Bertz CT molecular complexity index is 603. The Labute approximate surface area is 171 Å². The molecule has 0 amide bonds. The van der Waals surface area contributed by atoms with E-state index in [9.17, 15) is 9.90 Å². The molecule has 10 atom stereocenters. The number of aliphatic carboxylic acids is 1. The summed E-state index contributed by atoms with van der Waals surface area (Å²) >= 11 is 0. The van der Waals surface area contributed by atoms with Crippen molar-refractivity contribution in [1.82, 2.24) is 0 Å². The topological polar surface area (TPSA) is 57.5 Å². The van der Waals surface area contributed by atoms with E-state index >= 15 is 0 Å². The Hall–Kier alpha value is -0.570. The first-order valence-electron chi connectivity index (χ1n) is 12.1. The van der Waals surface area contributed by atoms with E-state index in [1.165, 1.54) is 51.4 Å². The van der Waals surface area contributed by atoms with Crippen molar-refractivity contribution in [3.63, 3.8) is 0 Å². The Balaban J connectivity index is 1.59. The molecular weight excluding hydrogens is 348 g/mol. The first-order valence-corrected chi connectivity index (χ1v) is 12.1. The van der Waals surface area contributed by atoms with Crippen LogP contribution in [0.2, 0.25) is 0 Å². The van der Waals surface area contributed by atoms with Gasteiger partial charge in [-0.2, -0.15) is 0 Å². The molecule has 3 nitrogen and oxygen atoms in total. The van der Waals surface area contributed by atoms with E-state index in [0.29, 0.717) is 53.3 Å². The van der Waals surface area contributed by atoms with Crippen LogP contribution in [0.3, 0.4) is 0 Å². The second-order valence-corrected chi connectivity index (χ2v) is 11.6. The van der Waals surface area contributed by atoms with Crippen LogP contribution in [0.15, 0.2) is 0 Å². The Morgan fingerprint density at radius 3 is 2.43 bits per heavy atom. The fourth-order valence-corrected chi connectivity index (χ4v) is 9.27. The minimum Gasteiger partial charge on any atom is -0.481 e. The van der Waals surface area contributed by atoms with Gasteiger partial charge in [0.2, 0.25) is 0 Å². The molecular formula is C25H42O3. The zero-order valence-electron chi connectivity index (χ0n) is 18.5. The van der Waals surface area contributed by atoms with Crippen molar-refractivity contribution in [2.75, 3.05) is 0 Å². The van der Waals surface area contributed by atoms with Crippen LogP contribution in [-0.2, 0) is 4.79 Å². The van der Waals surface area contributed by atoms with Gasteiger partial charge in [-0.15, -0.1) is 0 Å². The summed E-state index contributed by atoms with van der Waals surface area (Å²) < 4.78 is 0. The Morgan fingerprint density at radius 1 is 1.00 bits per heavy atom. The number of carboxylic acids is 1. The van der Waals surface area contributed by atoms with Crippen molar-refractivity contribution in [2.45, 2.75) is 98.0 Å². The second-order valence-electron chi connectivity index (χ2n) is 11.6. The van der Waals surface area contributed by atoms with Gasteiger partial charge in [-0.25, -0.2) is 0 Å². The standard InChI is InChI=1S/C25H42O3/c1-15(8-11-21(26)27)17-9-10-19-22-20(12-14-25(17,19)4)24(3)13-6-5-7-18(24)16(2)23(22)28/h15-20,22-23,28H,5-14H2,1-4H3,(H,26,27)/t15-,16-,17?,18+,19?,20+,22+,23+,24+,25?/m1/s1. The van der Waals surface area contributed by atoms with Gasteiger partial charge >= 0.3 is 5.97 Å². The predicted octanol–water partition coefficient (Wildman–Crippen LogP) is 5.75. The number of rotatable bonds is 4. The van der Waals surface area contributed by atoms with Gasteiger partial charge in [0.1, 0.15) is 0 Å². The van der Waals surface area contributed by atoms with E-state index < -0.39 is 5.97 Å². The maximum atomic E-state index is 11.5. The normalized spacial score (nSPS) is 51.7. The van der Waals surface area contributed by atoms with Crippen LogP contribution >= 0.6 is 0 Å². The third-order valence-electron chi connectivity index (χ3n) is 10.6. The molecule has 2 N–H and O–H groups in total. The van der Waals surface area contributed by atoms with Crippen LogP contribution in [-0.4, -0.2) is 22.3 Å². The zero-order chi connectivity index (χ0) is 20.3. The molecule has 4 aliphatic carbocycles. The lowest BCUT2D eigenvalue weighted by molar-refractivity contribution is -0.190. The third-order valence-corrected chi connectivity index (χ3v) is 10.6. The second kappa shape index (κ2) is 7.29. The number of carbonyl (C=O) groups is 1. The maximum Gasteiger partial charge on any atom is 0.303 e. The molecule has 0 bridgehead atoms. The molecule has 4 saturated carbocycles. The van der Waals surface area contributed by atoms with Crippen molar-refractivity contribution < 1.29 is 15.0 Å². The van der Waals surface area contributed by atoms with Crippen LogP contribution in [0.25, 0.3) is 0 Å². The van der Waals surface area contributed by atoms with Gasteiger partial charge in [-0.3, -0.25) is 4.79 Å². The number of aliphatic hydroxyl groups is 1. The average Bonchev–Trinajstić information content (AvgIpc) is 3.01. The number of hydrogen-bond acceptors (Lipinski definition) is 2. The quantitative estimate of drug-likeness (QED) is 0.642. The first-order chi connectivity index (χ1) is 13.2. The number of hydrogen-bond donors (Lipinski definition) is 2. The average molecular weight is 391 g/mol. The molecule has 4 rings (SSSR count). The summed E-state index contributed by atoms with van der Waals surface area (Å²) in [4.78, 5) is 11.1. The lowest BCUT2D eigenvalue weighted by Gasteiger charge is -2.64. The highest BCUT2D eigenvalue weighted by atomic mass is 16.4. The summed E-state index contributed by atoms with van der Waals surface area (Å²) in [7, 11) is 0. The molecule has 4 aliphatic rings. The van der Waals surface area contributed by atoms with E-state index in [1.54, 1.807) is 0 Å². The number of aliphatic hydroxyl groups excluding tert-OH is 1. The van der Waals surface area contributed by atoms with Gasteiger partial charge in [0.05, 0.1) is 6.10 Å². The van der Waals surface area contributed by atoms with Crippen LogP contribution in [0.5, 0.6) is 0 Å². The van der Waals surface area contributed by atoms with E-state index in [1.807, 2.05) is 0 Å². The van der Waals surface area contributed by atoms with Crippen molar-refractivity contribution in [1.29, 1.82) is 0 Å². The van der Waals surface area contributed by atoms with Gasteiger partial charge in [0.25, 0.3) is 0 Å². The summed E-state index contributed by atoms with van der Waals surface area (Å²) in [6.45, 7) is 9.69. The van der Waals surface area contributed by atoms with E-state index in [2.05, 4.69) is 27.7 Å². The highest BCUT2D eigenvalue weighted by Gasteiger charge is 2.63. The molecule has 0 aromatic rings.